The molecular weight excluding hydrogens is 381 g/mol. The van der Waals surface area contributed by atoms with Crippen LogP contribution in [0.25, 0.3) is 0 Å². The zero-order chi connectivity index (χ0) is 17.1. The summed E-state index contributed by atoms with van der Waals surface area (Å²) in [5.74, 6) is 0.218. The maximum Gasteiger partial charge on any atom is 0.228 e. The number of hydrogen-bond donors (Lipinski definition) is 2. The van der Waals surface area contributed by atoms with Crippen LogP contribution in [0.4, 0.5) is 11.4 Å². The van der Waals surface area contributed by atoms with Crippen molar-refractivity contribution in [3.8, 4) is 0 Å². The third kappa shape index (κ3) is 4.95. The summed E-state index contributed by atoms with van der Waals surface area (Å²) in [6, 6.07) is 16.8. The number of halogens is 2. The quantitative estimate of drug-likeness (QED) is 0.803. The van der Waals surface area contributed by atoms with Crippen LogP contribution in [0.5, 0.6) is 0 Å². The van der Waals surface area contributed by atoms with Crippen LogP contribution in [-0.2, 0) is 17.8 Å². The van der Waals surface area contributed by atoms with Gasteiger partial charge in [0, 0.05) is 31.0 Å². The average molecular weight is 408 g/mol. The largest absolute Gasteiger partial charge is 0.367 e. The van der Waals surface area contributed by atoms with Crippen LogP contribution in [0.15, 0.2) is 48.5 Å². The van der Waals surface area contributed by atoms with E-state index >= 15 is 0 Å². The Hall–Kier alpha value is -1.75. The Morgan fingerprint density at radius 1 is 1.11 bits per heavy atom. The fraction of sp³-hybridized carbons (Fsp3) is 0.381. The standard InChI is InChI=1S/C21H25N3O.2ClH/c25-21(17-8-5-12-22-14-17)23-19-9-3-1-7-18(19)15-24-13-11-16-6-2-4-10-20(16)24;;/h1-4,6-7,9-10,17,22H,5,8,11-15H2,(H,23,25);2*1H. The first-order chi connectivity index (χ1) is 12.3. The van der Waals surface area contributed by atoms with E-state index in [-0.39, 0.29) is 36.6 Å². The summed E-state index contributed by atoms with van der Waals surface area (Å²) < 4.78 is 0. The van der Waals surface area contributed by atoms with Crippen molar-refractivity contribution in [1.29, 1.82) is 0 Å². The lowest BCUT2D eigenvalue weighted by Crippen LogP contribution is -2.37. The van der Waals surface area contributed by atoms with Crippen LogP contribution in [0, 0.1) is 5.92 Å². The van der Waals surface area contributed by atoms with Gasteiger partial charge in [-0.25, -0.2) is 0 Å². The molecule has 2 aromatic carbocycles. The third-order valence-corrected chi connectivity index (χ3v) is 5.29. The molecule has 0 spiro atoms. The smallest absolute Gasteiger partial charge is 0.228 e. The molecule has 1 saturated heterocycles. The van der Waals surface area contributed by atoms with Gasteiger partial charge in [-0.1, -0.05) is 36.4 Å². The molecule has 1 atom stereocenters. The molecule has 2 N–H and O–H groups in total. The zero-order valence-corrected chi connectivity index (χ0v) is 17.0. The number of carbonyl (C=O) groups is 1. The van der Waals surface area contributed by atoms with Crippen molar-refractivity contribution in [2.24, 2.45) is 5.92 Å². The Morgan fingerprint density at radius 3 is 2.70 bits per heavy atom. The first-order valence-corrected chi connectivity index (χ1v) is 9.23. The van der Waals surface area contributed by atoms with Crippen LogP contribution in [0.2, 0.25) is 0 Å². The topological polar surface area (TPSA) is 44.4 Å². The number of piperidine rings is 1. The highest BCUT2D eigenvalue weighted by molar-refractivity contribution is 5.93. The maximum atomic E-state index is 12.6. The lowest BCUT2D eigenvalue weighted by molar-refractivity contribution is -0.120. The van der Waals surface area contributed by atoms with Crippen molar-refractivity contribution in [3.05, 3.63) is 59.7 Å². The fourth-order valence-electron chi connectivity index (χ4n) is 3.87. The van der Waals surface area contributed by atoms with Gasteiger partial charge in [0.25, 0.3) is 0 Å². The lowest BCUT2D eigenvalue weighted by atomic mass is 9.98. The summed E-state index contributed by atoms with van der Waals surface area (Å²) in [7, 11) is 0. The number of benzene rings is 2. The summed E-state index contributed by atoms with van der Waals surface area (Å²) >= 11 is 0. The number of amides is 1. The molecule has 6 heteroatoms. The Balaban J connectivity index is 0.00000131. The van der Waals surface area contributed by atoms with Crippen molar-refractivity contribution < 1.29 is 4.79 Å². The van der Waals surface area contributed by atoms with Crippen molar-refractivity contribution in [2.45, 2.75) is 25.8 Å². The first-order valence-electron chi connectivity index (χ1n) is 9.23. The van der Waals surface area contributed by atoms with Gasteiger partial charge >= 0.3 is 0 Å². The minimum absolute atomic E-state index is 0. The van der Waals surface area contributed by atoms with Crippen LogP contribution in [0.1, 0.15) is 24.0 Å². The van der Waals surface area contributed by atoms with Gasteiger partial charge in [-0.05, 0) is 49.1 Å². The summed E-state index contributed by atoms with van der Waals surface area (Å²) in [6.45, 7) is 3.67. The molecule has 1 amide bonds. The summed E-state index contributed by atoms with van der Waals surface area (Å²) in [5.41, 5.74) is 4.86. The summed E-state index contributed by atoms with van der Waals surface area (Å²) in [6.07, 6.45) is 3.14. The number of nitrogens with one attached hydrogen (secondary N) is 2. The Morgan fingerprint density at radius 2 is 1.89 bits per heavy atom. The second-order valence-electron chi connectivity index (χ2n) is 6.99. The van der Waals surface area contributed by atoms with Crippen LogP contribution >= 0.6 is 24.8 Å². The lowest BCUT2D eigenvalue weighted by Gasteiger charge is -2.24. The van der Waals surface area contributed by atoms with Gasteiger partial charge in [0.2, 0.25) is 5.91 Å². The van der Waals surface area contributed by atoms with Crippen molar-refractivity contribution in [3.63, 3.8) is 0 Å². The van der Waals surface area contributed by atoms with E-state index in [1.165, 1.54) is 16.8 Å². The van der Waals surface area contributed by atoms with Crippen LogP contribution in [0.3, 0.4) is 0 Å². The van der Waals surface area contributed by atoms with E-state index in [1.54, 1.807) is 0 Å². The first kappa shape index (κ1) is 21.5. The molecule has 27 heavy (non-hydrogen) atoms. The number of carbonyl (C=O) groups excluding carboxylic acids is 1. The molecule has 2 aliphatic rings. The monoisotopic (exact) mass is 407 g/mol. The Labute approximate surface area is 173 Å². The molecule has 1 fully saturated rings. The van der Waals surface area contributed by atoms with Gasteiger partial charge < -0.3 is 15.5 Å². The molecule has 0 bridgehead atoms. The highest BCUT2D eigenvalue weighted by atomic mass is 35.5. The van der Waals surface area contributed by atoms with Crippen LogP contribution < -0.4 is 15.5 Å². The van der Waals surface area contributed by atoms with E-state index in [4.69, 9.17) is 0 Å². The number of rotatable bonds is 4. The van der Waals surface area contributed by atoms with E-state index in [0.29, 0.717) is 0 Å². The number of anilines is 2. The summed E-state index contributed by atoms with van der Waals surface area (Å²) in [4.78, 5) is 15.0. The van der Waals surface area contributed by atoms with Gasteiger partial charge in [-0.3, -0.25) is 4.79 Å². The normalized spacial score (nSPS) is 18.1. The minimum atomic E-state index is 0. The maximum absolute atomic E-state index is 12.6. The fourth-order valence-corrected chi connectivity index (χ4v) is 3.87. The molecule has 2 aliphatic heterocycles. The second-order valence-corrected chi connectivity index (χ2v) is 6.99. The Bertz CT molecular complexity index is 763. The molecule has 0 radical (unpaired) electrons. The van der Waals surface area contributed by atoms with Gasteiger partial charge in [-0.2, -0.15) is 0 Å². The third-order valence-electron chi connectivity index (χ3n) is 5.29. The summed E-state index contributed by atoms with van der Waals surface area (Å²) in [5, 5.41) is 6.49. The predicted octanol–water partition coefficient (Wildman–Crippen LogP) is 4.03. The van der Waals surface area contributed by atoms with E-state index < -0.39 is 0 Å². The van der Waals surface area contributed by atoms with Crippen LogP contribution in [-0.4, -0.2) is 25.5 Å². The number of nitrogens with zero attached hydrogens (tertiary/aromatic N) is 1. The molecular formula is C21H27Cl2N3O. The highest BCUT2D eigenvalue weighted by Crippen LogP contribution is 2.30. The van der Waals surface area contributed by atoms with E-state index in [1.807, 2.05) is 12.1 Å². The van der Waals surface area contributed by atoms with E-state index in [2.05, 4.69) is 51.9 Å². The van der Waals surface area contributed by atoms with Gasteiger partial charge in [0.05, 0.1) is 5.92 Å². The molecule has 2 aromatic rings. The van der Waals surface area contributed by atoms with Gasteiger partial charge in [0.1, 0.15) is 0 Å². The number of para-hydroxylation sites is 2. The van der Waals surface area contributed by atoms with Crippen molar-refractivity contribution in [2.75, 3.05) is 29.9 Å². The van der Waals surface area contributed by atoms with Gasteiger partial charge in [-0.15, -0.1) is 24.8 Å². The number of fused-ring (bicyclic) bond motifs is 1. The second kappa shape index (κ2) is 9.98. The van der Waals surface area contributed by atoms with E-state index in [0.717, 1.165) is 51.1 Å². The molecule has 0 saturated carbocycles. The van der Waals surface area contributed by atoms with Crippen molar-refractivity contribution >= 4 is 42.1 Å². The van der Waals surface area contributed by atoms with E-state index in [9.17, 15) is 4.79 Å². The molecule has 2 heterocycles. The molecule has 4 rings (SSSR count). The molecule has 4 nitrogen and oxygen atoms in total. The minimum Gasteiger partial charge on any atom is -0.367 e. The van der Waals surface area contributed by atoms with Crippen molar-refractivity contribution in [1.82, 2.24) is 5.32 Å². The molecule has 1 unspecified atom stereocenters. The van der Waals surface area contributed by atoms with Gasteiger partial charge in [0.15, 0.2) is 0 Å². The zero-order valence-electron chi connectivity index (χ0n) is 15.3. The Kier molecular flexibility index (Phi) is 7.96. The molecule has 0 aliphatic carbocycles. The average Bonchev–Trinajstić information content (AvgIpc) is 3.07. The molecule has 0 aromatic heterocycles. The SMILES string of the molecule is Cl.Cl.O=C(Nc1ccccc1CN1CCc2ccccc21)C1CCCNC1. The number of hydrogen-bond acceptors (Lipinski definition) is 3. The molecule has 146 valence electrons. The predicted molar refractivity (Wildman–Crippen MR) is 116 cm³/mol. The highest BCUT2D eigenvalue weighted by Gasteiger charge is 2.23.